The number of likely N-dealkylation sites (tertiary alicyclic amines) is 1. The molecule has 1 amide bonds. The van der Waals surface area contributed by atoms with Gasteiger partial charge < -0.3 is 9.64 Å². The summed E-state index contributed by atoms with van der Waals surface area (Å²) >= 11 is 0.407. The van der Waals surface area contributed by atoms with Crippen LogP contribution in [-0.4, -0.2) is 39.0 Å². The van der Waals surface area contributed by atoms with Gasteiger partial charge in [-0.1, -0.05) is 0 Å². The van der Waals surface area contributed by atoms with Crippen LogP contribution in [-0.2, 0) is 17.3 Å². The van der Waals surface area contributed by atoms with Gasteiger partial charge in [-0.2, -0.15) is 17.5 Å². The van der Waals surface area contributed by atoms with Crippen molar-refractivity contribution in [2.24, 2.45) is 11.3 Å². The molecule has 2 aliphatic rings. The van der Waals surface area contributed by atoms with Crippen LogP contribution in [0.15, 0.2) is 0 Å². The van der Waals surface area contributed by atoms with E-state index in [1.54, 1.807) is 4.90 Å². The number of hydrogen-bond donors (Lipinski definition) is 0. The Labute approximate surface area is 142 Å². The van der Waals surface area contributed by atoms with Gasteiger partial charge in [0.2, 0.25) is 5.01 Å². The number of nitrogens with zero attached hydrogens (tertiary/aromatic N) is 3. The highest BCUT2D eigenvalue weighted by Crippen LogP contribution is 2.53. The second-order valence-corrected chi connectivity index (χ2v) is 8.58. The lowest BCUT2D eigenvalue weighted by molar-refractivity contribution is -0.137. The number of halogens is 3. The molecular weight excluding hydrogens is 343 g/mol. The van der Waals surface area contributed by atoms with Gasteiger partial charge in [-0.05, 0) is 51.1 Å². The second kappa shape index (κ2) is 5.57. The van der Waals surface area contributed by atoms with Crippen molar-refractivity contribution in [3.63, 3.8) is 0 Å². The van der Waals surface area contributed by atoms with Crippen LogP contribution in [0.4, 0.5) is 18.0 Å². The zero-order valence-corrected chi connectivity index (χ0v) is 14.6. The number of rotatable bonds is 2. The largest absolute Gasteiger partial charge is 0.444 e. The molecule has 0 unspecified atom stereocenters. The van der Waals surface area contributed by atoms with Crippen molar-refractivity contribution in [2.75, 3.05) is 13.1 Å². The fourth-order valence-corrected chi connectivity index (χ4v) is 4.05. The van der Waals surface area contributed by atoms with Gasteiger partial charge in [0.15, 0.2) is 0 Å². The van der Waals surface area contributed by atoms with Crippen molar-refractivity contribution >= 4 is 17.6 Å². The minimum atomic E-state index is -4.42. The number of carbonyl (C=O) groups excluding carboxylic acids is 1. The molecule has 0 atom stereocenters. The molecule has 1 saturated heterocycles. The average Bonchev–Trinajstić information content (AvgIpc) is 2.75. The lowest BCUT2D eigenvalue weighted by Crippen LogP contribution is -2.64. The van der Waals surface area contributed by atoms with E-state index in [1.807, 2.05) is 20.8 Å². The molecule has 0 bridgehead atoms. The molecule has 3 rings (SSSR count). The van der Waals surface area contributed by atoms with Gasteiger partial charge in [-0.25, -0.2) is 9.78 Å². The molecule has 0 N–H and O–H groups in total. The first-order valence-corrected chi connectivity index (χ1v) is 8.61. The topological polar surface area (TPSA) is 55.3 Å². The fraction of sp³-hybridized carbons (Fsp3) is 0.800. The Morgan fingerprint density at radius 3 is 2.46 bits per heavy atom. The molecule has 5 nitrogen and oxygen atoms in total. The lowest BCUT2D eigenvalue weighted by atomic mass is 9.57. The molecule has 1 saturated carbocycles. The zero-order chi connectivity index (χ0) is 17.8. The summed E-state index contributed by atoms with van der Waals surface area (Å²) in [6.07, 6.45) is -2.45. The quantitative estimate of drug-likeness (QED) is 0.803. The Bertz CT molecular complexity index is 625. The standard InChI is InChI=1S/C15H20F3N3O2S/c1-13(2,3)23-12(22)21-7-14(8-21)5-9(6-14)4-10-19-11(24-20-10)15(16,17)18/h9H,4-8H2,1-3H3. The number of hydrogen-bond acceptors (Lipinski definition) is 5. The van der Waals surface area contributed by atoms with Crippen molar-refractivity contribution < 1.29 is 22.7 Å². The number of carbonyl (C=O) groups is 1. The van der Waals surface area contributed by atoms with Gasteiger partial charge in [0.1, 0.15) is 11.4 Å². The molecule has 1 aliphatic carbocycles. The minimum absolute atomic E-state index is 0.116. The van der Waals surface area contributed by atoms with E-state index < -0.39 is 16.8 Å². The SMILES string of the molecule is CC(C)(C)OC(=O)N1CC2(CC(Cc3nsc(C(F)(F)F)n3)C2)C1. The molecule has 9 heteroatoms. The monoisotopic (exact) mass is 363 g/mol. The van der Waals surface area contributed by atoms with E-state index >= 15 is 0 Å². The van der Waals surface area contributed by atoms with Crippen LogP contribution in [0.1, 0.15) is 44.4 Å². The fourth-order valence-electron chi connectivity index (χ4n) is 3.50. The molecule has 0 aromatic carbocycles. The average molecular weight is 363 g/mol. The molecule has 1 aromatic heterocycles. The molecule has 2 fully saturated rings. The van der Waals surface area contributed by atoms with Crippen molar-refractivity contribution in [2.45, 2.75) is 51.8 Å². The van der Waals surface area contributed by atoms with Gasteiger partial charge in [-0.15, -0.1) is 0 Å². The van der Waals surface area contributed by atoms with E-state index in [9.17, 15) is 18.0 Å². The summed E-state index contributed by atoms with van der Waals surface area (Å²) in [5.41, 5.74) is -0.390. The minimum Gasteiger partial charge on any atom is -0.444 e. The smallest absolute Gasteiger partial charge is 0.444 e. The predicted octanol–water partition coefficient (Wildman–Crippen LogP) is 3.75. The molecule has 1 aliphatic heterocycles. The van der Waals surface area contributed by atoms with Crippen molar-refractivity contribution in [3.8, 4) is 0 Å². The Morgan fingerprint density at radius 1 is 1.33 bits per heavy atom. The summed E-state index contributed by atoms with van der Waals surface area (Å²) in [6.45, 7) is 6.81. The summed E-state index contributed by atoms with van der Waals surface area (Å²) < 4.78 is 46.7. The number of ether oxygens (including phenoxy) is 1. The predicted molar refractivity (Wildman–Crippen MR) is 81.6 cm³/mol. The maximum Gasteiger partial charge on any atom is 0.444 e. The highest BCUT2D eigenvalue weighted by Gasteiger charge is 2.54. The third-order valence-electron chi connectivity index (χ3n) is 4.33. The Morgan fingerprint density at radius 2 is 1.96 bits per heavy atom. The Kier molecular flexibility index (Phi) is 4.05. The number of amides is 1. The maximum absolute atomic E-state index is 12.5. The molecule has 24 heavy (non-hydrogen) atoms. The molecular formula is C15H20F3N3O2S. The summed E-state index contributed by atoms with van der Waals surface area (Å²) in [5.74, 6) is 0.567. The van der Waals surface area contributed by atoms with Crippen LogP contribution in [0, 0.1) is 11.3 Å². The van der Waals surface area contributed by atoms with Crippen molar-refractivity contribution in [1.82, 2.24) is 14.3 Å². The summed E-state index contributed by atoms with van der Waals surface area (Å²) in [6, 6.07) is 0. The highest BCUT2D eigenvalue weighted by atomic mass is 32.1. The van der Waals surface area contributed by atoms with E-state index in [4.69, 9.17) is 4.74 Å². The normalized spacial score (nSPS) is 20.7. The first-order chi connectivity index (χ1) is 11.0. The van der Waals surface area contributed by atoms with E-state index in [2.05, 4.69) is 9.36 Å². The van der Waals surface area contributed by atoms with Gasteiger partial charge >= 0.3 is 12.3 Å². The van der Waals surface area contributed by atoms with Gasteiger partial charge in [-0.3, -0.25) is 0 Å². The third kappa shape index (κ3) is 3.65. The van der Waals surface area contributed by atoms with E-state index in [1.165, 1.54) is 0 Å². The van der Waals surface area contributed by atoms with Crippen LogP contribution in [0.3, 0.4) is 0 Å². The van der Waals surface area contributed by atoms with Crippen LogP contribution in [0.25, 0.3) is 0 Å². The Balaban J connectivity index is 1.44. The molecule has 2 heterocycles. The maximum atomic E-state index is 12.5. The van der Waals surface area contributed by atoms with Crippen molar-refractivity contribution in [3.05, 3.63) is 10.8 Å². The van der Waals surface area contributed by atoms with E-state index in [-0.39, 0.29) is 17.3 Å². The summed E-state index contributed by atoms with van der Waals surface area (Å²) in [4.78, 5) is 17.2. The first-order valence-electron chi connectivity index (χ1n) is 7.84. The van der Waals surface area contributed by atoms with Crippen LogP contribution < -0.4 is 0 Å². The van der Waals surface area contributed by atoms with Crippen LogP contribution in [0.5, 0.6) is 0 Å². The lowest BCUT2D eigenvalue weighted by Gasteiger charge is -2.58. The van der Waals surface area contributed by atoms with E-state index in [0.717, 1.165) is 12.8 Å². The summed E-state index contributed by atoms with van der Waals surface area (Å²) in [5, 5.41) is -0.883. The first kappa shape index (κ1) is 17.4. The van der Waals surface area contributed by atoms with Crippen LogP contribution in [0.2, 0.25) is 0 Å². The third-order valence-corrected chi connectivity index (χ3v) is 5.13. The second-order valence-electron chi connectivity index (χ2n) is 7.83. The van der Waals surface area contributed by atoms with Gasteiger partial charge in [0.25, 0.3) is 0 Å². The highest BCUT2D eigenvalue weighted by molar-refractivity contribution is 7.05. The van der Waals surface area contributed by atoms with E-state index in [0.29, 0.717) is 37.0 Å². The van der Waals surface area contributed by atoms with Gasteiger partial charge in [0.05, 0.1) is 0 Å². The number of aromatic nitrogens is 2. The zero-order valence-electron chi connectivity index (χ0n) is 13.8. The Hall–Kier alpha value is -1.38. The summed E-state index contributed by atoms with van der Waals surface area (Å²) in [7, 11) is 0. The van der Waals surface area contributed by atoms with Crippen molar-refractivity contribution in [1.29, 1.82) is 0 Å². The molecule has 0 radical (unpaired) electrons. The molecule has 1 aromatic rings. The molecule has 134 valence electrons. The van der Waals surface area contributed by atoms with Gasteiger partial charge in [0, 0.05) is 24.9 Å². The molecule has 1 spiro atoms. The number of alkyl halides is 3. The van der Waals surface area contributed by atoms with Crippen LogP contribution >= 0.6 is 11.5 Å².